The van der Waals surface area contributed by atoms with E-state index in [4.69, 9.17) is 9.47 Å². The van der Waals surface area contributed by atoms with E-state index in [1.54, 1.807) is 7.11 Å². The van der Waals surface area contributed by atoms with E-state index in [1.165, 1.54) is 0 Å². The molecule has 1 aromatic heterocycles. The van der Waals surface area contributed by atoms with Gasteiger partial charge in [-0.05, 0) is 31.4 Å². The molecule has 4 heteroatoms. The molecule has 0 saturated heterocycles. The van der Waals surface area contributed by atoms with Crippen LogP contribution < -0.4 is 9.47 Å². The topological polar surface area (TPSA) is 51.6 Å². The molecular formula is C17H19NO3. The second kappa shape index (κ2) is 5.74. The second-order valence-corrected chi connectivity index (χ2v) is 5.31. The first kappa shape index (κ1) is 13.9. The predicted molar refractivity (Wildman–Crippen MR) is 79.6 cm³/mol. The summed E-state index contributed by atoms with van der Waals surface area (Å²) in [5.74, 6) is 1.63. The lowest BCUT2D eigenvalue weighted by Crippen LogP contribution is -2.02. The van der Waals surface area contributed by atoms with Crippen molar-refractivity contribution in [2.24, 2.45) is 0 Å². The van der Waals surface area contributed by atoms with Gasteiger partial charge >= 0.3 is 0 Å². The Morgan fingerprint density at radius 3 is 3.00 bits per heavy atom. The maximum atomic E-state index is 9.91. The Hall–Kier alpha value is -2.07. The normalized spacial score (nSPS) is 16.6. The van der Waals surface area contributed by atoms with Crippen LogP contribution in [0.15, 0.2) is 30.3 Å². The number of nitrogens with zero attached hydrogens (tertiary/aromatic N) is 1. The molecular weight excluding hydrogens is 266 g/mol. The fourth-order valence-corrected chi connectivity index (χ4v) is 2.78. The molecule has 1 aliphatic rings. The largest absolute Gasteiger partial charge is 0.497 e. The first-order valence-corrected chi connectivity index (χ1v) is 7.11. The summed E-state index contributed by atoms with van der Waals surface area (Å²) in [5, 5.41) is 9.91. The monoisotopic (exact) mass is 285 g/mol. The Morgan fingerprint density at radius 2 is 2.19 bits per heavy atom. The second-order valence-electron chi connectivity index (χ2n) is 5.31. The summed E-state index contributed by atoms with van der Waals surface area (Å²) in [6.07, 6.45) is 1.27. The number of aromatic nitrogens is 1. The van der Waals surface area contributed by atoms with Gasteiger partial charge < -0.3 is 14.6 Å². The van der Waals surface area contributed by atoms with Gasteiger partial charge in [0.1, 0.15) is 18.1 Å². The van der Waals surface area contributed by atoms with Gasteiger partial charge in [0, 0.05) is 23.4 Å². The fraction of sp³-hybridized carbons (Fsp3) is 0.353. The van der Waals surface area contributed by atoms with Gasteiger partial charge in [-0.25, -0.2) is 0 Å². The molecule has 21 heavy (non-hydrogen) atoms. The van der Waals surface area contributed by atoms with E-state index >= 15 is 0 Å². The Bertz CT molecular complexity index is 654. The van der Waals surface area contributed by atoms with Crippen LogP contribution in [-0.4, -0.2) is 17.2 Å². The molecule has 0 spiro atoms. The summed E-state index contributed by atoms with van der Waals surface area (Å²) in [4.78, 5) is 4.45. The zero-order valence-corrected chi connectivity index (χ0v) is 12.3. The number of fused-ring (bicyclic) bond motifs is 1. The summed E-state index contributed by atoms with van der Waals surface area (Å²) in [5.41, 5.74) is 3.84. The van der Waals surface area contributed by atoms with Crippen molar-refractivity contribution < 1.29 is 14.6 Å². The van der Waals surface area contributed by atoms with Gasteiger partial charge in [0.2, 0.25) is 0 Å². The van der Waals surface area contributed by atoms with Gasteiger partial charge in [0.25, 0.3) is 0 Å². The summed E-state index contributed by atoms with van der Waals surface area (Å²) in [7, 11) is 1.64. The van der Waals surface area contributed by atoms with Crippen molar-refractivity contribution in [1.82, 2.24) is 4.98 Å². The van der Waals surface area contributed by atoms with E-state index in [-0.39, 0.29) is 6.10 Å². The van der Waals surface area contributed by atoms with E-state index in [2.05, 4.69) is 4.98 Å². The van der Waals surface area contributed by atoms with E-state index in [0.29, 0.717) is 6.61 Å². The molecule has 0 radical (unpaired) electrons. The van der Waals surface area contributed by atoms with Crippen LogP contribution in [0.2, 0.25) is 0 Å². The third kappa shape index (κ3) is 2.85. The number of pyridine rings is 1. The SMILES string of the molecule is COc1cc(C)nc(COc2cccc3c2CCC3O)c1. The quantitative estimate of drug-likeness (QED) is 0.938. The minimum Gasteiger partial charge on any atom is -0.497 e. The molecule has 0 fully saturated rings. The first-order chi connectivity index (χ1) is 10.2. The Kier molecular flexibility index (Phi) is 3.80. The average Bonchev–Trinajstić information content (AvgIpc) is 2.87. The molecule has 1 aromatic carbocycles. The molecule has 0 amide bonds. The van der Waals surface area contributed by atoms with Gasteiger partial charge in [0.15, 0.2) is 0 Å². The van der Waals surface area contributed by atoms with Crippen LogP contribution >= 0.6 is 0 Å². The van der Waals surface area contributed by atoms with Crippen LogP contribution in [0, 0.1) is 6.92 Å². The van der Waals surface area contributed by atoms with Crippen molar-refractivity contribution in [3.63, 3.8) is 0 Å². The molecule has 3 rings (SSSR count). The predicted octanol–water partition coefficient (Wildman–Crippen LogP) is 2.96. The standard InChI is InChI=1S/C17H19NO3/c1-11-8-13(20-2)9-12(18-11)10-21-17-5-3-4-14-15(17)6-7-16(14)19/h3-5,8-9,16,19H,6-7,10H2,1-2H3. The number of aryl methyl sites for hydroxylation is 1. The lowest BCUT2D eigenvalue weighted by molar-refractivity contribution is 0.180. The van der Waals surface area contributed by atoms with Crippen LogP contribution in [-0.2, 0) is 13.0 Å². The van der Waals surface area contributed by atoms with Crippen LogP contribution in [0.5, 0.6) is 11.5 Å². The summed E-state index contributed by atoms with van der Waals surface area (Å²) >= 11 is 0. The molecule has 0 saturated carbocycles. The van der Waals surface area contributed by atoms with Crippen molar-refractivity contribution in [3.8, 4) is 11.5 Å². The molecule has 1 aliphatic carbocycles. The van der Waals surface area contributed by atoms with Gasteiger partial charge in [-0.3, -0.25) is 4.98 Å². The molecule has 0 bridgehead atoms. The van der Waals surface area contributed by atoms with Crippen LogP contribution in [0.25, 0.3) is 0 Å². The smallest absolute Gasteiger partial charge is 0.130 e. The number of rotatable bonds is 4. The first-order valence-electron chi connectivity index (χ1n) is 7.11. The number of aliphatic hydroxyl groups is 1. The maximum absolute atomic E-state index is 9.91. The van der Waals surface area contributed by atoms with Crippen molar-refractivity contribution in [3.05, 3.63) is 52.8 Å². The molecule has 1 unspecified atom stereocenters. The molecule has 1 N–H and O–H groups in total. The van der Waals surface area contributed by atoms with Crippen molar-refractivity contribution in [2.45, 2.75) is 32.5 Å². The van der Waals surface area contributed by atoms with E-state index in [9.17, 15) is 5.11 Å². The number of hydrogen-bond acceptors (Lipinski definition) is 4. The molecule has 1 atom stereocenters. The van der Waals surface area contributed by atoms with Crippen molar-refractivity contribution in [2.75, 3.05) is 7.11 Å². The van der Waals surface area contributed by atoms with Gasteiger partial charge in [-0.2, -0.15) is 0 Å². The minimum absolute atomic E-state index is 0.360. The number of ether oxygens (including phenoxy) is 2. The Balaban J connectivity index is 1.78. The van der Waals surface area contributed by atoms with Gasteiger partial charge in [-0.15, -0.1) is 0 Å². The third-order valence-electron chi connectivity index (χ3n) is 3.79. The zero-order chi connectivity index (χ0) is 14.8. The lowest BCUT2D eigenvalue weighted by Gasteiger charge is -2.12. The number of methoxy groups -OCH3 is 1. The average molecular weight is 285 g/mol. The van der Waals surface area contributed by atoms with Crippen LogP contribution in [0.3, 0.4) is 0 Å². The summed E-state index contributed by atoms with van der Waals surface area (Å²) < 4.78 is 11.2. The Labute approximate surface area is 124 Å². The third-order valence-corrected chi connectivity index (χ3v) is 3.79. The molecule has 110 valence electrons. The minimum atomic E-state index is -0.360. The van der Waals surface area contributed by atoms with Crippen LogP contribution in [0.1, 0.15) is 35.0 Å². The Morgan fingerprint density at radius 1 is 1.33 bits per heavy atom. The maximum Gasteiger partial charge on any atom is 0.130 e. The zero-order valence-electron chi connectivity index (χ0n) is 12.3. The molecule has 2 aromatic rings. The van der Waals surface area contributed by atoms with E-state index in [1.807, 2.05) is 37.3 Å². The van der Waals surface area contributed by atoms with E-state index < -0.39 is 0 Å². The van der Waals surface area contributed by atoms with Crippen LogP contribution in [0.4, 0.5) is 0 Å². The highest BCUT2D eigenvalue weighted by Gasteiger charge is 2.23. The fourth-order valence-electron chi connectivity index (χ4n) is 2.78. The lowest BCUT2D eigenvalue weighted by atomic mass is 10.1. The highest BCUT2D eigenvalue weighted by molar-refractivity contribution is 5.44. The van der Waals surface area contributed by atoms with Gasteiger partial charge in [-0.1, -0.05) is 12.1 Å². The highest BCUT2D eigenvalue weighted by atomic mass is 16.5. The molecule has 0 aliphatic heterocycles. The number of benzene rings is 1. The van der Waals surface area contributed by atoms with Gasteiger partial charge in [0.05, 0.1) is 18.9 Å². The number of aliphatic hydroxyl groups excluding tert-OH is 1. The molecule has 1 heterocycles. The highest BCUT2D eigenvalue weighted by Crippen LogP contribution is 2.36. The molecule has 4 nitrogen and oxygen atoms in total. The van der Waals surface area contributed by atoms with E-state index in [0.717, 1.165) is 46.9 Å². The number of hydrogen-bond donors (Lipinski definition) is 1. The summed E-state index contributed by atoms with van der Waals surface area (Å²) in [6, 6.07) is 9.61. The van der Waals surface area contributed by atoms with Crippen molar-refractivity contribution >= 4 is 0 Å². The summed E-state index contributed by atoms with van der Waals surface area (Å²) in [6.45, 7) is 2.33. The van der Waals surface area contributed by atoms with Crippen molar-refractivity contribution in [1.29, 1.82) is 0 Å².